The lowest BCUT2D eigenvalue weighted by Crippen LogP contribution is -2.09. The number of rotatable bonds is 5. The fourth-order valence-electron chi connectivity index (χ4n) is 1.98. The first-order chi connectivity index (χ1) is 9.60. The van der Waals surface area contributed by atoms with E-state index in [2.05, 4.69) is 15.6 Å². The van der Waals surface area contributed by atoms with Crippen molar-refractivity contribution < 1.29 is 4.39 Å². The van der Waals surface area contributed by atoms with E-state index in [-0.39, 0.29) is 11.9 Å². The zero-order valence-electron chi connectivity index (χ0n) is 12.1. The molecule has 0 saturated heterocycles. The van der Waals surface area contributed by atoms with E-state index in [0.29, 0.717) is 5.56 Å². The van der Waals surface area contributed by atoms with Gasteiger partial charge in [-0.15, -0.1) is 0 Å². The van der Waals surface area contributed by atoms with Gasteiger partial charge in [-0.05, 0) is 50.1 Å². The minimum atomic E-state index is -0.175. The first-order valence-corrected chi connectivity index (χ1v) is 6.83. The summed E-state index contributed by atoms with van der Waals surface area (Å²) in [5.41, 5.74) is 1.57. The lowest BCUT2D eigenvalue weighted by molar-refractivity contribution is 0.614. The van der Waals surface area contributed by atoms with Crippen molar-refractivity contribution in [1.82, 2.24) is 4.98 Å². The first-order valence-electron chi connectivity index (χ1n) is 6.83. The number of nitrogens with zero attached hydrogens (tertiary/aromatic N) is 1. The van der Waals surface area contributed by atoms with Crippen LogP contribution in [0.1, 0.15) is 31.0 Å². The Bertz CT molecular complexity index is 584. The van der Waals surface area contributed by atoms with Crippen LogP contribution in [0.2, 0.25) is 0 Å². The molecule has 1 atom stereocenters. The SMILES string of the molecule is CCNc1cccc(NC(C)c2ccc(C)c(F)c2)n1. The Hall–Kier alpha value is -2.10. The van der Waals surface area contributed by atoms with Crippen LogP contribution in [0.15, 0.2) is 36.4 Å². The number of nitrogens with one attached hydrogen (secondary N) is 2. The lowest BCUT2D eigenvalue weighted by atomic mass is 10.1. The van der Waals surface area contributed by atoms with E-state index in [1.165, 1.54) is 0 Å². The monoisotopic (exact) mass is 273 g/mol. The van der Waals surface area contributed by atoms with Gasteiger partial charge in [-0.1, -0.05) is 18.2 Å². The Labute approximate surface area is 119 Å². The van der Waals surface area contributed by atoms with Gasteiger partial charge in [0.25, 0.3) is 0 Å². The average molecular weight is 273 g/mol. The summed E-state index contributed by atoms with van der Waals surface area (Å²) in [7, 11) is 0. The van der Waals surface area contributed by atoms with E-state index in [1.54, 1.807) is 19.1 Å². The summed E-state index contributed by atoms with van der Waals surface area (Å²) in [5, 5.41) is 6.45. The molecule has 20 heavy (non-hydrogen) atoms. The molecule has 0 aliphatic carbocycles. The number of hydrogen-bond donors (Lipinski definition) is 2. The van der Waals surface area contributed by atoms with Crippen molar-refractivity contribution >= 4 is 11.6 Å². The maximum atomic E-state index is 13.6. The Morgan fingerprint density at radius 3 is 2.65 bits per heavy atom. The van der Waals surface area contributed by atoms with Gasteiger partial charge in [0.1, 0.15) is 17.5 Å². The summed E-state index contributed by atoms with van der Waals surface area (Å²) in [6.07, 6.45) is 0. The summed E-state index contributed by atoms with van der Waals surface area (Å²) in [4.78, 5) is 4.45. The molecule has 3 nitrogen and oxygen atoms in total. The van der Waals surface area contributed by atoms with Crippen LogP contribution in [-0.4, -0.2) is 11.5 Å². The number of aryl methyl sites for hydroxylation is 1. The van der Waals surface area contributed by atoms with Gasteiger partial charge in [0.05, 0.1) is 6.04 Å². The van der Waals surface area contributed by atoms with E-state index in [9.17, 15) is 4.39 Å². The minimum Gasteiger partial charge on any atom is -0.370 e. The predicted molar refractivity (Wildman–Crippen MR) is 81.6 cm³/mol. The molecule has 4 heteroatoms. The van der Waals surface area contributed by atoms with Crippen molar-refractivity contribution in [2.75, 3.05) is 17.2 Å². The van der Waals surface area contributed by atoms with E-state index < -0.39 is 0 Å². The quantitative estimate of drug-likeness (QED) is 0.860. The second-order valence-corrected chi connectivity index (χ2v) is 4.81. The third kappa shape index (κ3) is 3.47. The van der Waals surface area contributed by atoms with Crippen molar-refractivity contribution in [3.8, 4) is 0 Å². The second kappa shape index (κ2) is 6.37. The van der Waals surface area contributed by atoms with Crippen molar-refractivity contribution in [2.45, 2.75) is 26.8 Å². The van der Waals surface area contributed by atoms with E-state index in [4.69, 9.17) is 0 Å². The molecule has 0 aliphatic heterocycles. The molecule has 1 aromatic carbocycles. The molecule has 0 amide bonds. The molecule has 1 aromatic heterocycles. The molecule has 1 unspecified atom stereocenters. The summed E-state index contributed by atoms with van der Waals surface area (Å²) < 4.78 is 13.6. The van der Waals surface area contributed by atoms with Crippen LogP contribution in [-0.2, 0) is 0 Å². The molecule has 0 bridgehead atoms. The highest BCUT2D eigenvalue weighted by Gasteiger charge is 2.08. The zero-order valence-corrected chi connectivity index (χ0v) is 12.1. The maximum absolute atomic E-state index is 13.6. The van der Waals surface area contributed by atoms with E-state index in [0.717, 1.165) is 23.7 Å². The first kappa shape index (κ1) is 14.3. The topological polar surface area (TPSA) is 37.0 Å². The van der Waals surface area contributed by atoms with Gasteiger partial charge in [0, 0.05) is 6.54 Å². The number of anilines is 2. The predicted octanol–water partition coefficient (Wildman–Crippen LogP) is 4.13. The summed E-state index contributed by atoms with van der Waals surface area (Å²) >= 11 is 0. The second-order valence-electron chi connectivity index (χ2n) is 4.81. The lowest BCUT2D eigenvalue weighted by Gasteiger charge is -2.16. The molecule has 0 fully saturated rings. The smallest absolute Gasteiger partial charge is 0.128 e. The van der Waals surface area contributed by atoms with Gasteiger partial charge >= 0.3 is 0 Å². The standard InChI is InChI=1S/C16H20FN3/c1-4-18-15-6-5-7-16(20-15)19-12(3)13-9-8-11(2)14(17)10-13/h5-10,12H,4H2,1-3H3,(H2,18,19,20). The van der Waals surface area contributed by atoms with E-state index in [1.807, 2.05) is 38.1 Å². The molecular formula is C16H20FN3. The zero-order chi connectivity index (χ0) is 14.5. The highest BCUT2D eigenvalue weighted by atomic mass is 19.1. The Balaban J connectivity index is 2.12. The highest BCUT2D eigenvalue weighted by molar-refractivity contribution is 5.46. The number of hydrogen-bond acceptors (Lipinski definition) is 3. The van der Waals surface area contributed by atoms with Gasteiger partial charge in [0.15, 0.2) is 0 Å². The number of benzene rings is 1. The van der Waals surface area contributed by atoms with Crippen LogP contribution in [0, 0.1) is 12.7 Å². The van der Waals surface area contributed by atoms with Crippen LogP contribution >= 0.6 is 0 Å². The van der Waals surface area contributed by atoms with Crippen molar-refractivity contribution in [2.24, 2.45) is 0 Å². The molecule has 0 aliphatic rings. The van der Waals surface area contributed by atoms with Gasteiger partial charge in [0.2, 0.25) is 0 Å². The third-order valence-corrected chi connectivity index (χ3v) is 3.17. The number of halogens is 1. The van der Waals surface area contributed by atoms with Crippen LogP contribution in [0.25, 0.3) is 0 Å². The Kier molecular flexibility index (Phi) is 4.56. The summed E-state index contributed by atoms with van der Waals surface area (Å²) in [5.74, 6) is 1.43. The number of aromatic nitrogens is 1. The molecular weight excluding hydrogens is 253 g/mol. The van der Waals surface area contributed by atoms with Gasteiger partial charge < -0.3 is 10.6 Å². The third-order valence-electron chi connectivity index (χ3n) is 3.17. The molecule has 2 aromatic rings. The fourth-order valence-corrected chi connectivity index (χ4v) is 1.98. The van der Waals surface area contributed by atoms with Crippen molar-refractivity contribution in [3.05, 3.63) is 53.3 Å². The molecule has 0 radical (unpaired) electrons. The highest BCUT2D eigenvalue weighted by Crippen LogP contribution is 2.20. The van der Waals surface area contributed by atoms with Gasteiger partial charge in [-0.2, -0.15) is 0 Å². The summed E-state index contributed by atoms with van der Waals surface area (Å²) in [6.45, 7) is 6.61. The normalized spacial score (nSPS) is 12.0. The van der Waals surface area contributed by atoms with Crippen LogP contribution in [0.3, 0.4) is 0 Å². The van der Waals surface area contributed by atoms with Crippen molar-refractivity contribution in [1.29, 1.82) is 0 Å². The summed E-state index contributed by atoms with van der Waals surface area (Å²) in [6, 6.07) is 11.1. The molecule has 0 saturated carbocycles. The van der Waals surface area contributed by atoms with Crippen LogP contribution in [0.5, 0.6) is 0 Å². The fraction of sp³-hybridized carbons (Fsp3) is 0.312. The van der Waals surface area contributed by atoms with Crippen molar-refractivity contribution in [3.63, 3.8) is 0 Å². The van der Waals surface area contributed by atoms with Crippen LogP contribution in [0.4, 0.5) is 16.0 Å². The average Bonchev–Trinajstić information content (AvgIpc) is 2.42. The Morgan fingerprint density at radius 1 is 1.20 bits per heavy atom. The number of pyridine rings is 1. The molecule has 2 N–H and O–H groups in total. The Morgan fingerprint density at radius 2 is 1.95 bits per heavy atom. The van der Waals surface area contributed by atoms with E-state index >= 15 is 0 Å². The molecule has 106 valence electrons. The van der Waals surface area contributed by atoms with Crippen LogP contribution < -0.4 is 10.6 Å². The van der Waals surface area contributed by atoms with Gasteiger partial charge in [-0.3, -0.25) is 0 Å². The molecule has 0 spiro atoms. The molecule has 1 heterocycles. The minimum absolute atomic E-state index is 0.00511. The maximum Gasteiger partial charge on any atom is 0.128 e. The van der Waals surface area contributed by atoms with Gasteiger partial charge in [-0.25, -0.2) is 9.37 Å². The molecule has 2 rings (SSSR count). The largest absolute Gasteiger partial charge is 0.370 e.